The van der Waals surface area contributed by atoms with Crippen LogP contribution in [-0.2, 0) is 0 Å². The maximum absolute atomic E-state index is 12.2. The van der Waals surface area contributed by atoms with Crippen LogP contribution in [0, 0.1) is 0 Å². The molecule has 0 atom stereocenters. The second kappa shape index (κ2) is 5.28. The van der Waals surface area contributed by atoms with E-state index in [1.54, 1.807) is 24.3 Å². The molecule has 1 N–H and O–H groups in total. The lowest BCUT2D eigenvalue weighted by molar-refractivity contribution is 0.102. The van der Waals surface area contributed by atoms with Gasteiger partial charge in [-0.2, -0.15) is 0 Å². The quantitative estimate of drug-likeness (QED) is 0.801. The summed E-state index contributed by atoms with van der Waals surface area (Å²) in [6.45, 7) is 0. The molecule has 0 aliphatic carbocycles. The first kappa shape index (κ1) is 13.2. The average Bonchev–Trinajstić information content (AvgIpc) is 2.95. The summed E-state index contributed by atoms with van der Waals surface area (Å²) < 4.78 is 5.22. The Morgan fingerprint density at radius 1 is 1.14 bits per heavy atom. The van der Waals surface area contributed by atoms with E-state index in [2.05, 4.69) is 10.3 Å². The molecule has 0 unspecified atom stereocenters. The second-order valence-corrected chi connectivity index (χ2v) is 4.93. The SMILES string of the molecule is CN(C)c1ccc(C(=O)Nc2ccc3ncoc3c2)cc1. The number of hydrogen-bond donors (Lipinski definition) is 1. The Bertz CT molecular complexity index is 776. The molecule has 0 aliphatic heterocycles. The van der Waals surface area contributed by atoms with Gasteiger partial charge in [0.15, 0.2) is 12.0 Å². The third-order valence-corrected chi connectivity index (χ3v) is 3.24. The van der Waals surface area contributed by atoms with Crippen LogP contribution < -0.4 is 10.2 Å². The van der Waals surface area contributed by atoms with Gasteiger partial charge in [-0.1, -0.05) is 0 Å². The lowest BCUT2D eigenvalue weighted by Crippen LogP contribution is -2.13. The molecule has 1 amide bonds. The van der Waals surface area contributed by atoms with Crippen LogP contribution in [0.5, 0.6) is 0 Å². The molecule has 0 spiro atoms. The number of benzene rings is 2. The zero-order chi connectivity index (χ0) is 14.8. The summed E-state index contributed by atoms with van der Waals surface area (Å²) in [5, 5.41) is 2.85. The summed E-state index contributed by atoms with van der Waals surface area (Å²) in [4.78, 5) is 18.2. The van der Waals surface area contributed by atoms with Crippen LogP contribution >= 0.6 is 0 Å². The minimum Gasteiger partial charge on any atom is -0.443 e. The number of anilines is 2. The van der Waals surface area contributed by atoms with Crippen LogP contribution in [-0.4, -0.2) is 25.0 Å². The van der Waals surface area contributed by atoms with Gasteiger partial charge in [-0.05, 0) is 36.4 Å². The Hall–Kier alpha value is -2.82. The highest BCUT2D eigenvalue weighted by Gasteiger charge is 2.08. The topological polar surface area (TPSA) is 58.4 Å². The fourth-order valence-corrected chi connectivity index (χ4v) is 2.05. The molecule has 0 aliphatic rings. The van der Waals surface area contributed by atoms with Crippen LogP contribution in [0.3, 0.4) is 0 Å². The molecule has 2 aromatic carbocycles. The number of amides is 1. The molecular weight excluding hydrogens is 266 g/mol. The van der Waals surface area contributed by atoms with Crippen molar-refractivity contribution in [2.45, 2.75) is 0 Å². The Labute approximate surface area is 122 Å². The molecule has 3 rings (SSSR count). The van der Waals surface area contributed by atoms with E-state index in [-0.39, 0.29) is 5.91 Å². The summed E-state index contributed by atoms with van der Waals surface area (Å²) in [5.74, 6) is -0.154. The monoisotopic (exact) mass is 281 g/mol. The number of aromatic nitrogens is 1. The molecule has 3 aromatic rings. The first-order valence-electron chi connectivity index (χ1n) is 6.55. The number of nitrogens with one attached hydrogen (secondary N) is 1. The van der Waals surface area contributed by atoms with E-state index in [9.17, 15) is 4.79 Å². The van der Waals surface area contributed by atoms with Crippen molar-refractivity contribution in [3.8, 4) is 0 Å². The largest absolute Gasteiger partial charge is 0.443 e. The van der Waals surface area contributed by atoms with Crippen molar-refractivity contribution >= 4 is 28.4 Å². The average molecular weight is 281 g/mol. The van der Waals surface area contributed by atoms with Crippen LogP contribution in [0.25, 0.3) is 11.1 Å². The van der Waals surface area contributed by atoms with E-state index in [4.69, 9.17) is 4.42 Å². The zero-order valence-corrected chi connectivity index (χ0v) is 11.8. The molecule has 21 heavy (non-hydrogen) atoms. The molecule has 0 fully saturated rings. The number of rotatable bonds is 3. The highest BCUT2D eigenvalue weighted by atomic mass is 16.3. The molecule has 0 bridgehead atoms. The first-order valence-corrected chi connectivity index (χ1v) is 6.55. The third kappa shape index (κ3) is 2.72. The number of carbonyl (C=O) groups is 1. The first-order chi connectivity index (χ1) is 10.1. The number of nitrogens with zero attached hydrogens (tertiary/aromatic N) is 2. The lowest BCUT2D eigenvalue weighted by Gasteiger charge is -2.12. The fraction of sp³-hybridized carbons (Fsp3) is 0.125. The molecular formula is C16H15N3O2. The Kier molecular flexibility index (Phi) is 3.31. The molecule has 5 nitrogen and oxygen atoms in total. The molecule has 1 heterocycles. The Morgan fingerprint density at radius 3 is 2.62 bits per heavy atom. The van der Waals surface area contributed by atoms with Crippen molar-refractivity contribution in [3.05, 3.63) is 54.4 Å². The highest BCUT2D eigenvalue weighted by molar-refractivity contribution is 6.05. The highest BCUT2D eigenvalue weighted by Crippen LogP contribution is 2.19. The summed E-state index contributed by atoms with van der Waals surface area (Å²) in [7, 11) is 3.92. The molecule has 1 aromatic heterocycles. The van der Waals surface area contributed by atoms with Crippen molar-refractivity contribution < 1.29 is 9.21 Å². The van der Waals surface area contributed by atoms with Gasteiger partial charge in [0.1, 0.15) is 5.52 Å². The van der Waals surface area contributed by atoms with Gasteiger partial charge in [0.2, 0.25) is 0 Å². The fourth-order valence-electron chi connectivity index (χ4n) is 2.05. The summed E-state index contributed by atoms with van der Waals surface area (Å²) in [6.07, 6.45) is 1.39. The molecule has 106 valence electrons. The third-order valence-electron chi connectivity index (χ3n) is 3.24. The van der Waals surface area contributed by atoms with Gasteiger partial charge in [-0.15, -0.1) is 0 Å². The van der Waals surface area contributed by atoms with Gasteiger partial charge >= 0.3 is 0 Å². The molecule has 0 saturated heterocycles. The molecule has 0 radical (unpaired) electrons. The zero-order valence-electron chi connectivity index (χ0n) is 11.8. The van der Waals surface area contributed by atoms with Gasteiger partial charge in [-0.3, -0.25) is 4.79 Å². The lowest BCUT2D eigenvalue weighted by atomic mass is 10.2. The van der Waals surface area contributed by atoms with E-state index in [0.29, 0.717) is 16.8 Å². The van der Waals surface area contributed by atoms with Crippen molar-refractivity contribution in [3.63, 3.8) is 0 Å². The minimum atomic E-state index is -0.154. The van der Waals surface area contributed by atoms with Gasteiger partial charge in [0, 0.05) is 37.1 Å². The van der Waals surface area contributed by atoms with Gasteiger partial charge < -0.3 is 14.6 Å². The van der Waals surface area contributed by atoms with Crippen LogP contribution in [0.15, 0.2) is 53.3 Å². The van der Waals surface area contributed by atoms with Crippen molar-refractivity contribution in [2.75, 3.05) is 24.3 Å². The number of carbonyl (C=O) groups excluding carboxylic acids is 1. The van der Waals surface area contributed by atoms with Crippen LogP contribution in [0.1, 0.15) is 10.4 Å². The Balaban J connectivity index is 1.78. The van der Waals surface area contributed by atoms with Crippen LogP contribution in [0.4, 0.5) is 11.4 Å². The van der Waals surface area contributed by atoms with Gasteiger partial charge in [0.05, 0.1) is 0 Å². The smallest absolute Gasteiger partial charge is 0.255 e. The molecule has 0 saturated carbocycles. The van der Waals surface area contributed by atoms with Crippen molar-refractivity contribution in [1.82, 2.24) is 4.98 Å². The minimum absolute atomic E-state index is 0.154. The van der Waals surface area contributed by atoms with Gasteiger partial charge in [0.25, 0.3) is 5.91 Å². The summed E-state index contributed by atoms with van der Waals surface area (Å²) in [6, 6.07) is 12.8. The predicted octanol–water partition coefficient (Wildman–Crippen LogP) is 3.15. The summed E-state index contributed by atoms with van der Waals surface area (Å²) >= 11 is 0. The number of fused-ring (bicyclic) bond motifs is 1. The molecule has 5 heteroatoms. The van der Waals surface area contributed by atoms with E-state index in [0.717, 1.165) is 11.2 Å². The second-order valence-electron chi connectivity index (χ2n) is 4.93. The predicted molar refractivity (Wildman–Crippen MR) is 82.7 cm³/mol. The normalized spacial score (nSPS) is 10.6. The maximum atomic E-state index is 12.2. The van der Waals surface area contributed by atoms with Crippen LogP contribution in [0.2, 0.25) is 0 Å². The maximum Gasteiger partial charge on any atom is 0.255 e. The van der Waals surface area contributed by atoms with Crippen molar-refractivity contribution in [1.29, 1.82) is 0 Å². The number of hydrogen-bond acceptors (Lipinski definition) is 4. The Morgan fingerprint density at radius 2 is 1.90 bits per heavy atom. The van der Waals surface area contributed by atoms with Crippen molar-refractivity contribution in [2.24, 2.45) is 0 Å². The van der Waals surface area contributed by atoms with E-state index >= 15 is 0 Å². The van der Waals surface area contributed by atoms with E-state index < -0.39 is 0 Å². The van der Waals surface area contributed by atoms with E-state index in [1.165, 1.54) is 6.39 Å². The van der Waals surface area contributed by atoms with Gasteiger partial charge in [-0.25, -0.2) is 4.98 Å². The standard InChI is InChI=1S/C16H15N3O2/c1-19(2)13-6-3-11(4-7-13)16(20)18-12-5-8-14-15(9-12)21-10-17-14/h3-10H,1-2H3,(H,18,20). The van der Waals surface area contributed by atoms with E-state index in [1.807, 2.05) is 37.2 Å². The number of oxazole rings is 1. The summed E-state index contributed by atoms with van der Waals surface area (Å²) in [5.41, 5.74) is 3.76.